The number of carbonyl (C=O) groups excluding carboxylic acids is 1. The minimum atomic E-state index is -0.884. The first-order chi connectivity index (χ1) is 16.0. The molecule has 5 rings (SSSR count). The summed E-state index contributed by atoms with van der Waals surface area (Å²) in [7, 11) is -0.884. The first-order valence-corrected chi connectivity index (χ1v) is 13.1. The Morgan fingerprint density at radius 2 is 2.00 bits per heavy atom. The van der Waals surface area contributed by atoms with Gasteiger partial charge in [0.1, 0.15) is 11.4 Å². The van der Waals surface area contributed by atoms with Crippen LogP contribution in [0.1, 0.15) is 48.5 Å². The van der Waals surface area contributed by atoms with Gasteiger partial charge in [0.05, 0.1) is 29.0 Å². The Bertz CT molecular complexity index is 1050. The molecule has 33 heavy (non-hydrogen) atoms. The zero-order valence-electron chi connectivity index (χ0n) is 19.0. The Morgan fingerprint density at radius 1 is 1.24 bits per heavy atom. The number of aliphatic hydroxyl groups excluding tert-OH is 1. The minimum absolute atomic E-state index is 0.0402. The monoisotopic (exact) mass is 469 g/mol. The Labute approximate surface area is 197 Å². The van der Waals surface area contributed by atoms with Crippen LogP contribution in [0.25, 0.3) is 11.3 Å². The van der Waals surface area contributed by atoms with E-state index in [-0.39, 0.29) is 11.5 Å². The van der Waals surface area contributed by atoms with Crippen molar-refractivity contribution in [2.75, 3.05) is 31.9 Å². The maximum atomic E-state index is 12.6. The van der Waals surface area contributed by atoms with Crippen molar-refractivity contribution in [1.82, 2.24) is 14.2 Å². The molecule has 1 N–H and O–H groups in total. The lowest BCUT2D eigenvalue weighted by molar-refractivity contribution is 0.0416. The van der Waals surface area contributed by atoms with Crippen molar-refractivity contribution in [3.8, 4) is 17.0 Å². The van der Waals surface area contributed by atoms with Gasteiger partial charge < -0.3 is 14.7 Å². The quantitative estimate of drug-likeness (QED) is 0.728. The Balaban J connectivity index is 1.26. The highest BCUT2D eigenvalue weighted by molar-refractivity contribution is 7.82. The third-order valence-corrected chi connectivity index (χ3v) is 8.66. The number of amides is 1. The van der Waals surface area contributed by atoms with Crippen molar-refractivity contribution in [1.29, 1.82) is 0 Å². The zero-order chi connectivity index (χ0) is 23.0. The van der Waals surface area contributed by atoms with Crippen LogP contribution >= 0.6 is 0 Å². The molecule has 0 aliphatic carbocycles. The maximum Gasteiger partial charge on any atom is 0.253 e. The molecule has 8 heteroatoms. The smallest absolute Gasteiger partial charge is 0.253 e. The predicted octanol–water partition coefficient (Wildman–Crippen LogP) is 2.80. The Kier molecular flexibility index (Phi) is 6.24. The molecule has 4 heterocycles. The summed E-state index contributed by atoms with van der Waals surface area (Å²) in [4.78, 5) is 18.9. The fourth-order valence-electron chi connectivity index (χ4n) is 5.06. The number of piperidine rings is 1. The van der Waals surface area contributed by atoms with E-state index in [4.69, 9.17) is 4.74 Å². The van der Waals surface area contributed by atoms with Gasteiger partial charge in [0, 0.05) is 67.9 Å². The highest BCUT2D eigenvalue weighted by atomic mass is 32.2. The summed E-state index contributed by atoms with van der Waals surface area (Å²) in [5.41, 5.74) is 3.40. The lowest BCUT2D eigenvalue weighted by Crippen LogP contribution is -2.48. The molecule has 176 valence electrons. The van der Waals surface area contributed by atoms with Gasteiger partial charge in [0.2, 0.25) is 0 Å². The van der Waals surface area contributed by atoms with Crippen molar-refractivity contribution in [2.45, 2.75) is 50.7 Å². The number of fused-ring (bicyclic) bond motifs is 1. The minimum Gasteiger partial charge on any atom is -0.485 e. The van der Waals surface area contributed by atoms with Crippen molar-refractivity contribution >= 4 is 16.9 Å². The lowest BCUT2D eigenvalue weighted by Gasteiger charge is -2.37. The molecule has 2 unspecified atom stereocenters. The molecule has 3 aliphatic heterocycles. The fraction of sp³-hybridized carbons (Fsp3) is 0.520. The number of aromatic nitrogens is 1. The summed E-state index contributed by atoms with van der Waals surface area (Å²) in [6, 6.07) is 9.63. The average molecular weight is 470 g/mol. The molecule has 0 saturated carbocycles. The third kappa shape index (κ3) is 4.56. The van der Waals surface area contributed by atoms with E-state index in [0.29, 0.717) is 25.1 Å². The van der Waals surface area contributed by atoms with Crippen LogP contribution in [0.15, 0.2) is 36.5 Å². The first-order valence-electron chi connectivity index (χ1n) is 11.9. The van der Waals surface area contributed by atoms with Crippen molar-refractivity contribution in [3.63, 3.8) is 0 Å². The number of hydrogen-bond acceptors (Lipinski definition) is 5. The summed E-state index contributed by atoms with van der Waals surface area (Å²) < 4.78 is 20.8. The molecule has 1 spiro atoms. The van der Waals surface area contributed by atoms with Crippen molar-refractivity contribution < 1.29 is 18.8 Å². The van der Waals surface area contributed by atoms with E-state index < -0.39 is 17.1 Å². The van der Waals surface area contributed by atoms with Crippen LogP contribution in [0, 0.1) is 0 Å². The van der Waals surface area contributed by atoms with Crippen molar-refractivity contribution in [3.05, 3.63) is 47.7 Å². The highest BCUT2D eigenvalue weighted by Crippen LogP contribution is 2.42. The van der Waals surface area contributed by atoms with E-state index in [9.17, 15) is 14.1 Å². The van der Waals surface area contributed by atoms with Crippen LogP contribution in [-0.2, 0) is 17.4 Å². The molecule has 0 radical (unpaired) electrons. The maximum absolute atomic E-state index is 12.6. The number of β-amino-alcohol motifs (C(OH)–C–C–N with tert-alkyl or cyclic N) is 1. The van der Waals surface area contributed by atoms with Crippen LogP contribution in [0.4, 0.5) is 0 Å². The molecule has 1 aromatic carbocycles. The van der Waals surface area contributed by atoms with Crippen molar-refractivity contribution in [2.24, 2.45) is 0 Å². The second-order valence-corrected chi connectivity index (χ2v) is 10.9. The molecular formula is C25H31N3O4S. The average Bonchev–Trinajstić information content (AvgIpc) is 3.42. The second kappa shape index (κ2) is 9.16. The molecule has 7 nitrogen and oxygen atoms in total. The summed E-state index contributed by atoms with van der Waals surface area (Å²) in [5.74, 6) is 1.54. The van der Waals surface area contributed by atoms with Gasteiger partial charge in [0.25, 0.3) is 5.91 Å². The highest BCUT2D eigenvalue weighted by Gasteiger charge is 2.43. The van der Waals surface area contributed by atoms with E-state index in [2.05, 4.69) is 22.3 Å². The Hall–Kier alpha value is -2.29. The van der Waals surface area contributed by atoms with Gasteiger partial charge in [-0.1, -0.05) is 19.1 Å². The summed E-state index contributed by atoms with van der Waals surface area (Å²) >= 11 is 0. The second-order valence-electron chi connectivity index (χ2n) is 9.36. The van der Waals surface area contributed by atoms with Gasteiger partial charge in [-0.05, 0) is 31.0 Å². The van der Waals surface area contributed by atoms with Crippen LogP contribution < -0.4 is 4.74 Å². The molecular weight excluding hydrogens is 438 g/mol. The van der Waals surface area contributed by atoms with Crippen LogP contribution in [0.5, 0.6) is 5.75 Å². The third-order valence-electron chi connectivity index (χ3n) is 6.97. The number of benzene rings is 1. The molecule has 3 aliphatic rings. The topological polar surface area (TPSA) is 83.0 Å². The largest absolute Gasteiger partial charge is 0.485 e. The van der Waals surface area contributed by atoms with Crippen LogP contribution in [0.2, 0.25) is 0 Å². The van der Waals surface area contributed by atoms with Gasteiger partial charge in [-0.25, -0.2) is 8.51 Å². The molecule has 1 aromatic heterocycles. The van der Waals surface area contributed by atoms with E-state index in [1.165, 1.54) is 0 Å². The van der Waals surface area contributed by atoms with Crippen LogP contribution in [0.3, 0.4) is 0 Å². The molecule has 2 atom stereocenters. The number of likely N-dealkylation sites (tertiary alicyclic amines) is 1. The normalized spacial score (nSPS) is 22.8. The van der Waals surface area contributed by atoms with Gasteiger partial charge in [-0.15, -0.1) is 0 Å². The van der Waals surface area contributed by atoms with E-state index >= 15 is 0 Å². The first kappa shape index (κ1) is 22.5. The molecule has 2 saturated heterocycles. The number of pyridine rings is 1. The summed E-state index contributed by atoms with van der Waals surface area (Å²) in [5, 5.41) is 9.69. The molecule has 2 aromatic rings. The number of aliphatic hydroxyl groups is 1. The standard InChI is InChI=1S/C25H31N3O4S/c1-2-13-33(31)28-11-8-25(9-12-28)15-20-14-22(26-16-23(20)32-25)18-3-5-19(6-4-18)24(30)27-10-7-21(29)17-27/h3-6,14,16,21,29H,2,7-13,15,17H2,1H3. The predicted molar refractivity (Wildman–Crippen MR) is 127 cm³/mol. The number of nitrogens with zero attached hydrogens (tertiary/aromatic N) is 3. The number of rotatable bonds is 5. The molecule has 1 amide bonds. The molecule has 2 fully saturated rings. The number of ether oxygens (including phenoxy) is 1. The molecule has 0 bridgehead atoms. The van der Waals surface area contributed by atoms with E-state index in [1.807, 2.05) is 30.5 Å². The number of hydrogen-bond donors (Lipinski definition) is 1. The fourth-order valence-corrected chi connectivity index (χ4v) is 6.26. The number of carbonyl (C=O) groups is 1. The zero-order valence-corrected chi connectivity index (χ0v) is 19.9. The Morgan fingerprint density at radius 3 is 2.67 bits per heavy atom. The lowest BCUT2D eigenvalue weighted by atomic mass is 9.88. The summed E-state index contributed by atoms with van der Waals surface area (Å²) in [6.45, 7) is 4.66. The van der Waals surface area contributed by atoms with E-state index in [1.54, 1.807) is 4.90 Å². The summed E-state index contributed by atoms with van der Waals surface area (Å²) in [6.07, 6.45) is 5.55. The van der Waals surface area contributed by atoms with Gasteiger partial charge in [0.15, 0.2) is 0 Å². The van der Waals surface area contributed by atoms with Gasteiger partial charge in [-0.2, -0.15) is 0 Å². The van der Waals surface area contributed by atoms with Gasteiger partial charge in [-0.3, -0.25) is 9.78 Å². The van der Waals surface area contributed by atoms with Gasteiger partial charge >= 0.3 is 0 Å². The van der Waals surface area contributed by atoms with E-state index in [0.717, 1.165) is 67.1 Å². The van der Waals surface area contributed by atoms with Crippen LogP contribution in [-0.4, -0.2) is 73.0 Å². The SMILES string of the molecule is CCCS(=O)N1CCC2(CC1)Cc1cc(-c3ccc(C(=O)N4CCC(O)C4)cc3)ncc1O2.